The van der Waals surface area contributed by atoms with Crippen molar-refractivity contribution < 1.29 is 0 Å². The normalized spacial score (nSPS) is 18.2. The Kier molecular flexibility index (Phi) is 7.05. The number of aromatic nitrogens is 2. The lowest BCUT2D eigenvalue weighted by Gasteiger charge is -2.21. The van der Waals surface area contributed by atoms with E-state index in [-0.39, 0.29) is 0 Å². The van der Waals surface area contributed by atoms with Crippen LogP contribution in [0.2, 0.25) is 0 Å². The van der Waals surface area contributed by atoms with Gasteiger partial charge in [-0.25, -0.2) is 0 Å². The summed E-state index contributed by atoms with van der Waals surface area (Å²) in [5.74, 6) is 0. The van der Waals surface area contributed by atoms with Crippen molar-refractivity contribution in [1.82, 2.24) is 19.6 Å². The average Bonchev–Trinajstić information content (AvgIpc) is 2.88. The SMILES string of the molecule is NCCCCCN1CCCN(CCn2cccn2)CC1. The Morgan fingerprint density at radius 1 is 0.900 bits per heavy atom. The molecule has 1 aliphatic rings. The van der Waals surface area contributed by atoms with Crippen molar-refractivity contribution in [1.29, 1.82) is 0 Å². The van der Waals surface area contributed by atoms with Crippen LogP contribution in [0, 0.1) is 0 Å². The van der Waals surface area contributed by atoms with Crippen LogP contribution in [0.1, 0.15) is 25.7 Å². The molecule has 0 unspecified atom stereocenters. The first kappa shape index (κ1) is 15.5. The highest BCUT2D eigenvalue weighted by Gasteiger charge is 2.14. The lowest BCUT2D eigenvalue weighted by molar-refractivity contribution is 0.245. The zero-order valence-electron chi connectivity index (χ0n) is 12.6. The Morgan fingerprint density at radius 3 is 2.40 bits per heavy atom. The Hall–Kier alpha value is -0.910. The van der Waals surface area contributed by atoms with Crippen LogP contribution in [0.4, 0.5) is 0 Å². The second kappa shape index (κ2) is 9.10. The Bertz CT molecular complexity index is 338. The maximum absolute atomic E-state index is 5.54. The fourth-order valence-electron chi connectivity index (χ4n) is 2.80. The van der Waals surface area contributed by atoms with Gasteiger partial charge in [-0.15, -0.1) is 0 Å². The lowest BCUT2D eigenvalue weighted by Crippen LogP contribution is -2.33. The average molecular weight is 279 g/mol. The molecule has 0 bridgehead atoms. The molecule has 1 aromatic heterocycles. The molecule has 5 nitrogen and oxygen atoms in total. The van der Waals surface area contributed by atoms with E-state index >= 15 is 0 Å². The minimum Gasteiger partial charge on any atom is -0.330 e. The van der Waals surface area contributed by atoms with E-state index in [0.717, 1.165) is 19.6 Å². The van der Waals surface area contributed by atoms with Gasteiger partial charge < -0.3 is 15.5 Å². The first-order chi connectivity index (χ1) is 9.88. The number of nitrogens with zero attached hydrogens (tertiary/aromatic N) is 4. The fourth-order valence-corrected chi connectivity index (χ4v) is 2.80. The quantitative estimate of drug-likeness (QED) is 0.722. The second-order valence-corrected chi connectivity index (χ2v) is 5.66. The molecule has 2 N–H and O–H groups in total. The first-order valence-electron chi connectivity index (χ1n) is 8.00. The van der Waals surface area contributed by atoms with Crippen molar-refractivity contribution in [2.75, 3.05) is 45.8 Å². The molecule has 0 saturated carbocycles. The molecule has 0 aliphatic carbocycles. The molecule has 0 amide bonds. The van der Waals surface area contributed by atoms with Crippen LogP contribution in [-0.2, 0) is 6.54 Å². The minimum absolute atomic E-state index is 0.835. The van der Waals surface area contributed by atoms with Crippen LogP contribution < -0.4 is 5.73 Å². The fraction of sp³-hybridized carbons (Fsp3) is 0.800. The summed E-state index contributed by atoms with van der Waals surface area (Å²) in [6, 6.07) is 1.99. The summed E-state index contributed by atoms with van der Waals surface area (Å²) in [5, 5.41) is 4.27. The van der Waals surface area contributed by atoms with E-state index in [1.165, 1.54) is 58.4 Å². The van der Waals surface area contributed by atoms with Crippen LogP contribution in [-0.4, -0.2) is 65.4 Å². The molecule has 1 fully saturated rings. The van der Waals surface area contributed by atoms with Gasteiger partial charge in [-0.1, -0.05) is 6.42 Å². The van der Waals surface area contributed by atoms with Gasteiger partial charge in [0.1, 0.15) is 0 Å². The van der Waals surface area contributed by atoms with Gasteiger partial charge in [-0.2, -0.15) is 5.10 Å². The van der Waals surface area contributed by atoms with Crippen molar-refractivity contribution in [3.63, 3.8) is 0 Å². The van der Waals surface area contributed by atoms with Gasteiger partial charge in [0, 0.05) is 32.0 Å². The van der Waals surface area contributed by atoms with Crippen LogP contribution >= 0.6 is 0 Å². The Balaban J connectivity index is 1.61. The van der Waals surface area contributed by atoms with Gasteiger partial charge in [0.25, 0.3) is 0 Å². The summed E-state index contributed by atoms with van der Waals surface area (Å²) in [5.41, 5.74) is 5.54. The van der Waals surface area contributed by atoms with E-state index in [4.69, 9.17) is 5.73 Å². The molecule has 5 heteroatoms. The third-order valence-electron chi connectivity index (χ3n) is 4.06. The Morgan fingerprint density at radius 2 is 1.70 bits per heavy atom. The predicted octanol–water partition coefficient (Wildman–Crippen LogP) is 1.02. The molecule has 20 heavy (non-hydrogen) atoms. The van der Waals surface area contributed by atoms with Gasteiger partial charge in [0.15, 0.2) is 0 Å². The topological polar surface area (TPSA) is 50.3 Å². The number of hydrogen-bond donors (Lipinski definition) is 1. The molecule has 2 rings (SSSR count). The van der Waals surface area contributed by atoms with Crippen molar-refractivity contribution in [3.05, 3.63) is 18.5 Å². The summed E-state index contributed by atoms with van der Waals surface area (Å²) in [6.45, 7) is 9.07. The van der Waals surface area contributed by atoms with Crippen LogP contribution in [0.15, 0.2) is 18.5 Å². The van der Waals surface area contributed by atoms with Crippen molar-refractivity contribution in [2.24, 2.45) is 5.73 Å². The van der Waals surface area contributed by atoms with E-state index in [2.05, 4.69) is 14.9 Å². The molecular weight excluding hydrogens is 250 g/mol. The monoisotopic (exact) mass is 279 g/mol. The van der Waals surface area contributed by atoms with Crippen molar-refractivity contribution >= 4 is 0 Å². The molecule has 2 heterocycles. The third-order valence-corrected chi connectivity index (χ3v) is 4.06. The zero-order chi connectivity index (χ0) is 14.0. The molecule has 1 saturated heterocycles. The summed E-state index contributed by atoms with van der Waals surface area (Å²) in [6.07, 6.45) is 8.92. The van der Waals surface area contributed by atoms with Crippen LogP contribution in [0.25, 0.3) is 0 Å². The van der Waals surface area contributed by atoms with Crippen LogP contribution in [0.5, 0.6) is 0 Å². The molecule has 0 atom stereocenters. The first-order valence-corrected chi connectivity index (χ1v) is 8.00. The largest absolute Gasteiger partial charge is 0.330 e. The van der Waals surface area contributed by atoms with E-state index in [9.17, 15) is 0 Å². The van der Waals surface area contributed by atoms with Gasteiger partial charge >= 0.3 is 0 Å². The number of unbranched alkanes of at least 4 members (excludes halogenated alkanes) is 2. The summed E-state index contributed by atoms with van der Waals surface area (Å²) in [4.78, 5) is 5.19. The molecule has 1 aromatic rings. The molecular formula is C15H29N5. The molecule has 1 aliphatic heterocycles. The standard InChI is InChI=1S/C15H29N5/c16-6-2-1-3-8-18-9-5-10-19(13-12-18)14-15-20-11-4-7-17-20/h4,7,11H,1-3,5-6,8-10,12-16H2. The highest BCUT2D eigenvalue weighted by atomic mass is 15.3. The summed E-state index contributed by atoms with van der Waals surface area (Å²) in [7, 11) is 0. The van der Waals surface area contributed by atoms with E-state index in [0.29, 0.717) is 0 Å². The minimum atomic E-state index is 0.835. The lowest BCUT2D eigenvalue weighted by atomic mass is 10.2. The van der Waals surface area contributed by atoms with Gasteiger partial charge in [0.05, 0.1) is 6.54 Å². The highest BCUT2D eigenvalue weighted by Crippen LogP contribution is 2.05. The number of nitrogens with two attached hydrogens (primary N) is 1. The van der Waals surface area contributed by atoms with Crippen LogP contribution in [0.3, 0.4) is 0 Å². The molecule has 0 radical (unpaired) electrons. The van der Waals surface area contributed by atoms with E-state index in [1.54, 1.807) is 0 Å². The van der Waals surface area contributed by atoms with E-state index < -0.39 is 0 Å². The van der Waals surface area contributed by atoms with Gasteiger partial charge in [-0.05, 0) is 51.5 Å². The molecule has 0 spiro atoms. The molecule has 114 valence electrons. The maximum Gasteiger partial charge on any atom is 0.0536 e. The highest BCUT2D eigenvalue weighted by molar-refractivity contribution is 4.78. The molecule has 0 aromatic carbocycles. The zero-order valence-corrected chi connectivity index (χ0v) is 12.6. The smallest absolute Gasteiger partial charge is 0.0536 e. The Labute approximate surface area is 122 Å². The summed E-state index contributed by atoms with van der Waals surface area (Å²) < 4.78 is 2.02. The summed E-state index contributed by atoms with van der Waals surface area (Å²) >= 11 is 0. The van der Waals surface area contributed by atoms with Gasteiger partial charge in [0.2, 0.25) is 0 Å². The van der Waals surface area contributed by atoms with Crippen molar-refractivity contribution in [2.45, 2.75) is 32.2 Å². The van der Waals surface area contributed by atoms with E-state index in [1.807, 2.05) is 23.1 Å². The second-order valence-electron chi connectivity index (χ2n) is 5.66. The third kappa shape index (κ3) is 5.61. The maximum atomic E-state index is 5.54. The number of rotatable bonds is 8. The van der Waals surface area contributed by atoms with Crippen molar-refractivity contribution in [3.8, 4) is 0 Å². The number of hydrogen-bond acceptors (Lipinski definition) is 4. The predicted molar refractivity (Wildman–Crippen MR) is 82.6 cm³/mol. The van der Waals surface area contributed by atoms with Gasteiger partial charge in [-0.3, -0.25) is 4.68 Å².